The van der Waals surface area contributed by atoms with Crippen molar-refractivity contribution in [2.24, 2.45) is 5.92 Å². The van der Waals surface area contributed by atoms with Crippen molar-refractivity contribution < 1.29 is 19.2 Å². The molecule has 0 fully saturated rings. The van der Waals surface area contributed by atoms with Crippen LogP contribution in [0.15, 0.2) is 29.2 Å². The van der Waals surface area contributed by atoms with Crippen molar-refractivity contribution in [3.05, 3.63) is 56.6 Å². The zero-order valence-corrected chi connectivity index (χ0v) is 18.3. The molecule has 0 N–H and O–H groups in total. The van der Waals surface area contributed by atoms with Crippen LogP contribution in [0, 0.1) is 36.8 Å². The zero-order chi connectivity index (χ0) is 21.5. The Bertz CT molecular complexity index is 986. The molecule has 1 aliphatic rings. The van der Waals surface area contributed by atoms with Gasteiger partial charge in [-0.3, -0.25) is 14.9 Å². The molecule has 2 unspecified atom stereocenters. The largest absolute Gasteiger partial charge is 0.476 e. The van der Waals surface area contributed by atoms with Gasteiger partial charge < -0.3 is 9.47 Å². The van der Waals surface area contributed by atoms with Crippen LogP contribution in [0.4, 0.5) is 5.69 Å². The lowest BCUT2D eigenvalue weighted by Gasteiger charge is -2.42. The first-order valence-corrected chi connectivity index (χ1v) is 10.3. The number of non-ortho nitro benzene ring substituents is 1. The van der Waals surface area contributed by atoms with Crippen molar-refractivity contribution in [1.82, 2.24) is 0 Å². The van der Waals surface area contributed by atoms with Gasteiger partial charge in [0, 0.05) is 35.4 Å². The smallest absolute Gasteiger partial charge is 0.308 e. The van der Waals surface area contributed by atoms with Crippen LogP contribution in [-0.4, -0.2) is 15.8 Å². The van der Waals surface area contributed by atoms with Crippen LogP contribution in [0.5, 0.6) is 11.5 Å². The maximum Gasteiger partial charge on any atom is 0.308 e. The molecule has 0 radical (unpaired) electrons. The number of rotatable bonds is 4. The van der Waals surface area contributed by atoms with Crippen molar-refractivity contribution in [3.63, 3.8) is 0 Å². The van der Waals surface area contributed by atoms with Crippen molar-refractivity contribution >= 4 is 23.4 Å². The van der Waals surface area contributed by atoms with Gasteiger partial charge in [0.2, 0.25) is 0 Å². The van der Waals surface area contributed by atoms with Crippen LogP contribution in [0.25, 0.3) is 0 Å². The standard InChI is InChI=1S/C22H25NO5S/c1-12-11-19-15(4)20(27-16(5)24)13(2)14(3)21(19)28-22(12,6)29-18-9-7-17(8-10-18)23(25)26/h7-10,12H,11H2,1-6H3. The van der Waals surface area contributed by atoms with Crippen LogP contribution >= 0.6 is 11.8 Å². The van der Waals surface area contributed by atoms with E-state index < -0.39 is 9.86 Å². The lowest BCUT2D eigenvalue weighted by molar-refractivity contribution is -0.384. The summed E-state index contributed by atoms with van der Waals surface area (Å²) in [5.74, 6) is 1.29. The fraction of sp³-hybridized carbons (Fsp3) is 0.409. The van der Waals surface area contributed by atoms with Gasteiger partial charge in [0.25, 0.3) is 5.69 Å². The molecule has 0 aliphatic carbocycles. The number of carbonyl (C=O) groups is 1. The highest BCUT2D eigenvalue weighted by Gasteiger charge is 2.41. The Morgan fingerprint density at radius 3 is 2.38 bits per heavy atom. The molecule has 6 nitrogen and oxygen atoms in total. The number of hydrogen-bond acceptors (Lipinski definition) is 6. The molecule has 0 saturated carbocycles. The molecule has 29 heavy (non-hydrogen) atoms. The van der Waals surface area contributed by atoms with E-state index in [1.165, 1.54) is 19.1 Å². The molecule has 0 saturated heterocycles. The van der Waals surface area contributed by atoms with Crippen molar-refractivity contribution in [2.75, 3.05) is 0 Å². The maximum atomic E-state index is 11.5. The highest BCUT2D eigenvalue weighted by molar-refractivity contribution is 8.00. The summed E-state index contributed by atoms with van der Waals surface area (Å²) in [6, 6.07) is 6.54. The van der Waals surface area contributed by atoms with E-state index in [2.05, 4.69) is 13.8 Å². The fourth-order valence-corrected chi connectivity index (χ4v) is 4.77. The number of ether oxygens (including phenoxy) is 2. The minimum Gasteiger partial charge on any atom is -0.476 e. The van der Waals surface area contributed by atoms with E-state index in [1.54, 1.807) is 23.9 Å². The molecule has 0 amide bonds. The summed E-state index contributed by atoms with van der Waals surface area (Å²) in [5.41, 5.74) is 3.94. The summed E-state index contributed by atoms with van der Waals surface area (Å²) in [6.45, 7) is 11.5. The van der Waals surface area contributed by atoms with Crippen LogP contribution in [0.3, 0.4) is 0 Å². The molecule has 2 atom stereocenters. The Balaban J connectivity index is 1.97. The average molecular weight is 416 g/mol. The highest BCUT2D eigenvalue weighted by Crippen LogP contribution is 2.50. The van der Waals surface area contributed by atoms with Gasteiger partial charge in [0.05, 0.1) is 4.92 Å². The third-order valence-electron chi connectivity index (χ3n) is 5.64. The number of thioether (sulfide) groups is 1. The molecule has 1 aliphatic heterocycles. The average Bonchev–Trinajstić information content (AvgIpc) is 2.65. The van der Waals surface area contributed by atoms with E-state index in [0.29, 0.717) is 5.75 Å². The molecule has 0 bridgehead atoms. The number of fused-ring (bicyclic) bond motifs is 1. The van der Waals surface area contributed by atoms with Gasteiger partial charge >= 0.3 is 5.97 Å². The molecule has 0 aromatic heterocycles. The first kappa shape index (κ1) is 21.2. The molecule has 7 heteroatoms. The third-order valence-corrected chi connectivity index (χ3v) is 7.03. The summed E-state index contributed by atoms with van der Waals surface area (Å²) in [6.07, 6.45) is 0.785. The predicted octanol–water partition coefficient (Wildman–Crippen LogP) is 5.52. The van der Waals surface area contributed by atoms with Crippen LogP contribution in [0.2, 0.25) is 0 Å². The molecule has 0 spiro atoms. The quantitative estimate of drug-likeness (QED) is 0.283. The van der Waals surface area contributed by atoms with Crippen LogP contribution < -0.4 is 9.47 Å². The van der Waals surface area contributed by atoms with Gasteiger partial charge in [0.1, 0.15) is 11.5 Å². The SMILES string of the molecule is CC(=O)Oc1c(C)c(C)c2c(c1C)CC(C)C(C)(Sc1ccc([N+](=O)[O-])cc1)O2. The summed E-state index contributed by atoms with van der Waals surface area (Å²) >= 11 is 1.56. The number of nitro benzene ring substituents is 1. The summed E-state index contributed by atoms with van der Waals surface area (Å²) in [4.78, 5) is 22.4. The highest BCUT2D eigenvalue weighted by atomic mass is 32.2. The first-order chi connectivity index (χ1) is 13.5. The number of carbonyl (C=O) groups excluding carboxylic acids is 1. The molecular formula is C22H25NO5S. The third kappa shape index (κ3) is 3.96. The van der Waals surface area contributed by atoms with Gasteiger partial charge in [-0.1, -0.05) is 18.7 Å². The summed E-state index contributed by atoms with van der Waals surface area (Å²) in [5, 5.41) is 10.9. The lowest BCUT2D eigenvalue weighted by Crippen LogP contribution is -2.41. The lowest BCUT2D eigenvalue weighted by atomic mass is 9.86. The van der Waals surface area contributed by atoms with Gasteiger partial charge in [-0.15, -0.1) is 0 Å². The number of nitrogens with zero attached hydrogens (tertiary/aromatic N) is 1. The Labute approximate surface area is 174 Å². The minimum atomic E-state index is -0.532. The first-order valence-electron chi connectivity index (χ1n) is 9.47. The summed E-state index contributed by atoms with van der Waals surface area (Å²) < 4.78 is 12.0. The van der Waals surface area contributed by atoms with Crippen molar-refractivity contribution in [2.45, 2.75) is 57.8 Å². The topological polar surface area (TPSA) is 78.7 Å². The minimum absolute atomic E-state index is 0.0718. The Hall–Kier alpha value is -2.54. The Kier molecular flexibility index (Phi) is 5.63. The monoisotopic (exact) mass is 415 g/mol. The Morgan fingerprint density at radius 2 is 1.83 bits per heavy atom. The van der Waals surface area contributed by atoms with E-state index in [9.17, 15) is 14.9 Å². The van der Waals surface area contributed by atoms with E-state index in [1.807, 2.05) is 20.8 Å². The second-order valence-electron chi connectivity index (χ2n) is 7.68. The van der Waals surface area contributed by atoms with Gasteiger partial charge in [-0.05, 0) is 62.9 Å². The number of benzene rings is 2. The van der Waals surface area contributed by atoms with Crippen LogP contribution in [0.1, 0.15) is 43.0 Å². The fourth-order valence-electron chi connectivity index (χ4n) is 3.62. The molecule has 1 heterocycles. The number of nitro groups is 1. The molecule has 154 valence electrons. The van der Waals surface area contributed by atoms with Crippen LogP contribution in [-0.2, 0) is 11.2 Å². The zero-order valence-electron chi connectivity index (χ0n) is 17.5. The molecule has 2 aromatic rings. The Morgan fingerprint density at radius 1 is 1.21 bits per heavy atom. The second kappa shape index (κ2) is 7.71. The second-order valence-corrected chi connectivity index (χ2v) is 9.17. The molecular weight excluding hydrogens is 390 g/mol. The normalized spacial score (nSPS) is 20.6. The predicted molar refractivity (Wildman–Crippen MR) is 113 cm³/mol. The maximum absolute atomic E-state index is 11.5. The van der Waals surface area contributed by atoms with Gasteiger partial charge in [0.15, 0.2) is 4.93 Å². The van der Waals surface area contributed by atoms with Gasteiger partial charge in [-0.25, -0.2) is 0 Å². The molecule has 2 aromatic carbocycles. The van der Waals surface area contributed by atoms with Crippen molar-refractivity contribution in [1.29, 1.82) is 0 Å². The van der Waals surface area contributed by atoms with E-state index >= 15 is 0 Å². The van der Waals surface area contributed by atoms with E-state index in [4.69, 9.17) is 9.47 Å². The van der Waals surface area contributed by atoms with E-state index in [-0.39, 0.29) is 17.6 Å². The van der Waals surface area contributed by atoms with Gasteiger partial charge in [-0.2, -0.15) is 0 Å². The summed E-state index contributed by atoms with van der Waals surface area (Å²) in [7, 11) is 0. The van der Waals surface area contributed by atoms with Crippen molar-refractivity contribution in [3.8, 4) is 11.5 Å². The van der Waals surface area contributed by atoms with E-state index in [0.717, 1.165) is 39.3 Å². The molecule has 3 rings (SSSR count). The number of esters is 1. The number of hydrogen-bond donors (Lipinski definition) is 0.